The zero-order valence-corrected chi connectivity index (χ0v) is 12.0. The third-order valence-electron chi connectivity index (χ3n) is 2.50. The van der Waals surface area contributed by atoms with Gasteiger partial charge >= 0.3 is 0 Å². The standard InChI is InChI=1S/C13H15ClN2O2S/c1-2-3-16-13(15)19-7-10-5-11(14)4-9-6-17-8-18-12(9)10/h2,4-5H,1,3,6-8H2,(H2,15,16). The van der Waals surface area contributed by atoms with Gasteiger partial charge in [0, 0.05) is 21.9 Å². The van der Waals surface area contributed by atoms with E-state index in [1.54, 1.807) is 6.08 Å². The van der Waals surface area contributed by atoms with Crippen molar-refractivity contribution >= 4 is 28.5 Å². The van der Waals surface area contributed by atoms with Gasteiger partial charge in [-0.15, -0.1) is 6.58 Å². The Labute approximate surface area is 121 Å². The van der Waals surface area contributed by atoms with Crippen LogP contribution >= 0.6 is 23.4 Å². The topological polar surface area (TPSA) is 56.8 Å². The monoisotopic (exact) mass is 298 g/mol. The van der Waals surface area contributed by atoms with Crippen molar-refractivity contribution in [3.05, 3.63) is 40.9 Å². The Bertz CT molecular complexity index is 506. The van der Waals surface area contributed by atoms with Gasteiger partial charge in [0.1, 0.15) is 5.75 Å². The van der Waals surface area contributed by atoms with E-state index in [-0.39, 0.29) is 6.79 Å². The third kappa shape index (κ3) is 3.89. The minimum absolute atomic E-state index is 0.270. The molecule has 2 N–H and O–H groups in total. The first-order chi connectivity index (χ1) is 9.20. The summed E-state index contributed by atoms with van der Waals surface area (Å²) >= 11 is 7.54. The van der Waals surface area contributed by atoms with E-state index in [2.05, 4.69) is 11.6 Å². The molecule has 0 atom stereocenters. The van der Waals surface area contributed by atoms with Crippen LogP contribution in [0, 0.1) is 0 Å². The molecule has 0 aromatic heterocycles. The molecule has 0 bridgehead atoms. The highest BCUT2D eigenvalue weighted by atomic mass is 35.5. The number of aliphatic imine (C=N–C) groups is 1. The lowest BCUT2D eigenvalue weighted by atomic mass is 10.1. The van der Waals surface area contributed by atoms with Crippen LogP contribution in [-0.4, -0.2) is 18.5 Å². The molecule has 0 fully saturated rings. The predicted molar refractivity (Wildman–Crippen MR) is 79.7 cm³/mol. The highest BCUT2D eigenvalue weighted by Crippen LogP contribution is 2.33. The van der Waals surface area contributed by atoms with Gasteiger partial charge in [-0.25, -0.2) is 0 Å². The largest absolute Gasteiger partial charge is 0.467 e. The van der Waals surface area contributed by atoms with E-state index < -0.39 is 0 Å². The van der Waals surface area contributed by atoms with Gasteiger partial charge in [-0.2, -0.15) is 0 Å². The van der Waals surface area contributed by atoms with Gasteiger partial charge in [0.05, 0.1) is 13.2 Å². The molecular weight excluding hydrogens is 284 g/mol. The second-order valence-electron chi connectivity index (χ2n) is 3.92. The summed E-state index contributed by atoms with van der Waals surface area (Å²) in [7, 11) is 0. The SMILES string of the molecule is C=CCN=C(N)SCc1cc(Cl)cc2c1OCOC2. The van der Waals surface area contributed by atoms with Crippen LogP contribution in [0.4, 0.5) is 0 Å². The first-order valence-corrected chi connectivity index (χ1v) is 7.12. The molecule has 19 heavy (non-hydrogen) atoms. The first kappa shape index (κ1) is 14.2. The van der Waals surface area contributed by atoms with Crippen molar-refractivity contribution in [1.29, 1.82) is 0 Å². The zero-order valence-electron chi connectivity index (χ0n) is 10.4. The fourth-order valence-corrected chi connectivity index (χ4v) is 2.66. The van der Waals surface area contributed by atoms with Crippen LogP contribution in [-0.2, 0) is 17.1 Å². The minimum Gasteiger partial charge on any atom is -0.467 e. The van der Waals surface area contributed by atoms with Crippen molar-refractivity contribution in [2.24, 2.45) is 10.7 Å². The first-order valence-electron chi connectivity index (χ1n) is 5.76. The summed E-state index contributed by atoms with van der Waals surface area (Å²) in [5, 5.41) is 1.20. The highest BCUT2D eigenvalue weighted by Gasteiger charge is 2.16. The molecule has 102 valence electrons. The summed E-state index contributed by atoms with van der Waals surface area (Å²) in [4.78, 5) is 4.13. The van der Waals surface area contributed by atoms with Crippen LogP contribution in [0.5, 0.6) is 5.75 Å². The van der Waals surface area contributed by atoms with Crippen LogP contribution in [0.2, 0.25) is 5.02 Å². The molecule has 0 saturated carbocycles. The number of nitrogens with zero attached hydrogens (tertiary/aromatic N) is 1. The summed E-state index contributed by atoms with van der Waals surface area (Å²) in [6.07, 6.45) is 1.70. The lowest BCUT2D eigenvalue weighted by Gasteiger charge is -2.20. The fourth-order valence-electron chi connectivity index (χ4n) is 1.72. The number of hydrogen-bond donors (Lipinski definition) is 1. The van der Waals surface area contributed by atoms with Crippen molar-refractivity contribution in [3.63, 3.8) is 0 Å². The Morgan fingerprint density at radius 1 is 1.58 bits per heavy atom. The smallest absolute Gasteiger partial charge is 0.189 e. The molecule has 1 aromatic carbocycles. The van der Waals surface area contributed by atoms with Crippen LogP contribution in [0.25, 0.3) is 0 Å². The minimum atomic E-state index is 0.270. The fraction of sp³-hybridized carbons (Fsp3) is 0.308. The van der Waals surface area contributed by atoms with Gasteiger partial charge in [0.25, 0.3) is 0 Å². The quantitative estimate of drug-likeness (QED) is 0.527. The number of ether oxygens (including phenoxy) is 2. The Balaban J connectivity index is 2.11. The predicted octanol–water partition coefficient (Wildman–Crippen LogP) is 2.94. The Hall–Kier alpha value is -1.17. The second-order valence-corrected chi connectivity index (χ2v) is 5.35. The number of amidine groups is 1. The lowest BCUT2D eigenvalue weighted by Crippen LogP contribution is -2.13. The molecule has 4 nitrogen and oxygen atoms in total. The van der Waals surface area contributed by atoms with E-state index in [1.807, 2.05) is 12.1 Å². The molecule has 0 unspecified atom stereocenters. The number of halogens is 1. The Morgan fingerprint density at radius 3 is 3.21 bits per heavy atom. The van der Waals surface area contributed by atoms with Crippen LogP contribution in [0.1, 0.15) is 11.1 Å². The number of hydrogen-bond acceptors (Lipinski definition) is 4. The van der Waals surface area contributed by atoms with E-state index in [9.17, 15) is 0 Å². The van der Waals surface area contributed by atoms with Gasteiger partial charge in [-0.1, -0.05) is 29.4 Å². The average molecular weight is 299 g/mol. The van der Waals surface area contributed by atoms with Gasteiger partial charge in [0.2, 0.25) is 0 Å². The van der Waals surface area contributed by atoms with Crippen LogP contribution in [0.15, 0.2) is 29.8 Å². The Morgan fingerprint density at radius 2 is 2.42 bits per heavy atom. The lowest BCUT2D eigenvalue weighted by molar-refractivity contribution is -0.0168. The number of nitrogens with two attached hydrogens (primary N) is 1. The van der Waals surface area contributed by atoms with Crippen LogP contribution < -0.4 is 10.5 Å². The maximum absolute atomic E-state index is 6.09. The summed E-state index contributed by atoms with van der Waals surface area (Å²) in [5.74, 6) is 1.51. The van der Waals surface area contributed by atoms with Crippen molar-refractivity contribution in [1.82, 2.24) is 0 Å². The number of thioether (sulfide) groups is 1. The van der Waals surface area contributed by atoms with E-state index in [0.717, 1.165) is 16.9 Å². The van der Waals surface area contributed by atoms with Gasteiger partial charge in [-0.3, -0.25) is 4.99 Å². The zero-order chi connectivity index (χ0) is 13.7. The molecule has 2 rings (SSSR count). The average Bonchev–Trinajstić information content (AvgIpc) is 2.42. The number of rotatable bonds is 4. The maximum atomic E-state index is 6.09. The maximum Gasteiger partial charge on any atom is 0.189 e. The Kier molecular flexibility index (Phi) is 5.13. The van der Waals surface area contributed by atoms with Crippen molar-refractivity contribution in [2.45, 2.75) is 12.4 Å². The normalized spacial score (nSPS) is 14.7. The number of fused-ring (bicyclic) bond motifs is 1. The summed E-state index contributed by atoms with van der Waals surface area (Å²) in [6.45, 7) is 4.91. The van der Waals surface area contributed by atoms with E-state index >= 15 is 0 Å². The van der Waals surface area contributed by atoms with Gasteiger partial charge in [0.15, 0.2) is 12.0 Å². The van der Waals surface area contributed by atoms with E-state index in [4.69, 9.17) is 26.8 Å². The van der Waals surface area contributed by atoms with Crippen molar-refractivity contribution in [2.75, 3.05) is 13.3 Å². The molecule has 0 amide bonds. The van der Waals surface area contributed by atoms with Crippen LogP contribution in [0.3, 0.4) is 0 Å². The molecule has 0 radical (unpaired) electrons. The van der Waals surface area contributed by atoms with Crippen molar-refractivity contribution < 1.29 is 9.47 Å². The summed E-state index contributed by atoms with van der Waals surface area (Å²) in [6, 6.07) is 3.75. The van der Waals surface area contributed by atoms with Gasteiger partial charge < -0.3 is 15.2 Å². The molecule has 1 heterocycles. The molecule has 0 saturated heterocycles. The summed E-state index contributed by atoms with van der Waals surface area (Å²) < 4.78 is 10.8. The summed E-state index contributed by atoms with van der Waals surface area (Å²) in [5.41, 5.74) is 7.76. The molecule has 6 heteroatoms. The molecule has 0 spiro atoms. The highest BCUT2D eigenvalue weighted by molar-refractivity contribution is 8.13. The molecular formula is C13H15ClN2O2S. The molecule has 1 aliphatic heterocycles. The van der Waals surface area contributed by atoms with Gasteiger partial charge in [-0.05, 0) is 12.1 Å². The van der Waals surface area contributed by atoms with Crippen molar-refractivity contribution in [3.8, 4) is 5.75 Å². The third-order valence-corrected chi connectivity index (χ3v) is 3.60. The molecule has 1 aromatic rings. The molecule has 1 aliphatic rings. The second kappa shape index (κ2) is 6.84. The van der Waals surface area contributed by atoms with E-state index in [1.165, 1.54) is 11.8 Å². The number of benzene rings is 1. The van der Waals surface area contributed by atoms with E-state index in [0.29, 0.717) is 29.1 Å². The molecule has 0 aliphatic carbocycles.